The van der Waals surface area contributed by atoms with Crippen molar-refractivity contribution >= 4 is 17.6 Å². The van der Waals surface area contributed by atoms with Gasteiger partial charge in [-0.25, -0.2) is 9.97 Å². The Hall–Kier alpha value is -0.770. The van der Waals surface area contributed by atoms with Gasteiger partial charge in [-0.2, -0.15) is 0 Å². The summed E-state index contributed by atoms with van der Waals surface area (Å²) in [5.41, 5.74) is 0. The summed E-state index contributed by atoms with van der Waals surface area (Å²) >= 11 is 1.65. The molecule has 1 aromatic rings. The van der Waals surface area contributed by atoms with Gasteiger partial charge >= 0.3 is 0 Å². The highest BCUT2D eigenvalue weighted by molar-refractivity contribution is 7.98. The molecule has 1 heterocycles. The van der Waals surface area contributed by atoms with Crippen molar-refractivity contribution in [3.8, 4) is 0 Å². The van der Waals surface area contributed by atoms with Crippen molar-refractivity contribution in [2.75, 3.05) is 18.1 Å². The lowest BCUT2D eigenvalue weighted by molar-refractivity contribution is 0.472. The minimum absolute atomic E-state index is 0.752. The number of anilines is 1. The zero-order valence-corrected chi connectivity index (χ0v) is 11.9. The van der Waals surface area contributed by atoms with E-state index < -0.39 is 0 Å². The number of thioether (sulfide) groups is 1. The first-order valence-corrected chi connectivity index (χ1v) is 7.62. The van der Waals surface area contributed by atoms with Crippen LogP contribution in [-0.2, 0) is 0 Å². The maximum Gasteiger partial charge on any atom is 0.130 e. The molecule has 4 heteroatoms. The quantitative estimate of drug-likeness (QED) is 0.564. The van der Waals surface area contributed by atoms with Gasteiger partial charge in [0, 0.05) is 12.6 Å². The van der Waals surface area contributed by atoms with Crippen molar-refractivity contribution in [3.05, 3.63) is 12.4 Å². The highest BCUT2D eigenvalue weighted by atomic mass is 32.2. The summed E-state index contributed by atoms with van der Waals surface area (Å²) in [7, 11) is 0. The van der Waals surface area contributed by atoms with Crippen LogP contribution in [-0.4, -0.2) is 22.8 Å². The molecule has 0 saturated carbocycles. The number of hydrogen-bond acceptors (Lipinski definition) is 4. The maximum absolute atomic E-state index is 4.24. The second-order valence-electron chi connectivity index (χ2n) is 4.24. The standard InChI is InChI=1S/C13H23N3S/c1-4-6-7-11(5-2)9-14-12-8-13(17-3)16-10-15-12/h8,10-11H,4-7,9H2,1-3H3,(H,14,15,16). The molecule has 96 valence electrons. The fourth-order valence-corrected chi connectivity index (χ4v) is 2.12. The number of nitrogens with one attached hydrogen (secondary N) is 1. The molecule has 0 aliphatic rings. The molecular weight excluding hydrogens is 230 g/mol. The smallest absolute Gasteiger partial charge is 0.130 e. The zero-order chi connectivity index (χ0) is 12.5. The van der Waals surface area contributed by atoms with Gasteiger partial charge < -0.3 is 5.32 Å². The van der Waals surface area contributed by atoms with Crippen LogP contribution < -0.4 is 5.32 Å². The number of aromatic nitrogens is 2. The second kappa shape index (κ2) is 8.34. The van der Waals surface area contributed by atoms with E-state index in [1.807, 2.05) is 12.3 Å². The van der Waals surface area contributed by atoms with Gasteiger partial charge in [0.1, 0.15) is 17.2 Å². The maximum atomic E-state index is 4.24. The molecule has 3 nitrogen and oxygen atoms in total. The average Bonchev–Trinajstić information content (AvgIpc) is 2.39. The van der Waals surface area contributed by atoms with Gasteiger partial charge in [-0.1, -0.05) is 33.1 Å². The van der Waals surface area contributed by atoms with E-state index in [9.17, 15) is 0 Å². The van der Waals surface area contributed by atoms with Crippen LogP contribution in [0.5, 0.6) is 0 Å². The molecule has 1 rings (SSSR count). The fraction of sp³-hybridized carbons (Fsp3) is 0.692. The Balaban J connectivity index is 2.41. The number of rotatable bonds is 8. The lowest BCUT2D eigenvalue weighted by Gasteiger charge is -2.15. The van der Waals surface area contributed by atoms with Gasteiger partial charge in [0.25, 0.3) is 0 Å². The summed E-state index contributed by atoms with van der Waals surface area (Å²) in [5.74, 6) is 1.70. The van der Waals surface area contributed by atoms with E-state index in [1.54, 1.807) is 18.1 Å². The Morgan fingerprint density at radius 1 is 1.35 bits per heavy atom. The topological polar surface area (TPSA) is 37.8 Å². The minimum atomic E-state index is 0.752. The molecule has 0 amide bonds. The molecule has 17 heavy (non-hydrogen) atoms. The highest BCUT2D eigenvalue weighted by Gasteiger charge is 2.06. The van der Waals surface area contributed by atoms with Gasteiger partial charge in [-0.15, -0.1) is 11.8 Å². The van der Waals surface area contributed by atoms with Crippen LogP contribution in [0.4, 0.5) is 5.82 Å². The van der Waals surface area contributed by atoms with Crippen LogP contribution in [0.15, 0.2) is 17.4 Å². The number of nitrogens with zero attached hydrogens (tertiary/aromatic N) is 2. The zero-order valence-electron chi connectivity index (χ0n) is 11.1. The van der Waals surface area contributed by atoms with Gasteiger partial charge in [0.05, 0.1) is 0 Å². The predicted molar refractivity (Wildman–Crippen MR) is 75.6 cm³/mol. The molecule has 1 atom stereocenters. The van der Waals surface area contributed by atoms with E-state index >= 15 is 0 Å². The molecule has 0 radical (unpaired) electrons. The van der Waals surface area contributed by atoms with Crippen LogP contribution in [0.2, 0.25) is 0 Å². The molecule has 0 bridgehead atoms. The molecule has 0 saturated heterocycles. The number of hydrogen-bond donors (Lipinski definition) is 1. The van der Waals surface area contributed by atoms with E-state index in [2.05, 4.69) is 29.1 Å². The third-order valence-electron chi connectivity index (χ3n) is 2.97. The van der Waals surface area contributed by atoms with Crippen LogP contribution in [0.3, 0.4) is 0 Å². The van der Waals surface area contributed by atoms with Crippen LogP contribution in [0.1, 0.15) is 39.5 Å². The van der Waals surface area contributed by atoms with Gasteiger partial charge in [0.2, 0.25) is 0 Å². The summed E-state index contributed by atoms with van der Waals surface area (Å²) in [6, 6.07) is 2.01. The summed E-state index contributed by atoms with van der Waals surface area (Å²) in [6.07, 6.45) is 8.79. The Kier molecular flexibility index (Phi) is 7.01. The van der Waals surface area contributed by atoms with Crippen molar-refractivity contribution in [3.63, 3.8) is 0 Å². The minimum Gasteiger partial charge on any atom is -0.370 e. The van der Waals surface area contributed by atoms with E-state index in [1.165, 1.54) is 25.7 Å². The van der Waals surface area contributed by atoms with Crippen LogP contribution in [0, 0.1) is 5.92 Å². The van der Waals surface area contributed by atoms with Crippen molar-refractivity contribution < 1.29 is 0 Å². The molecule has 1 N–H and O–H groups in total. The summed E-state index contributed by atoms with van der Waals surface area (Å²) < 4.78 is 0. The van der Waals surface area contributed by atoms with Crippen LogP contribution in [0.25, 0.3) is 0 Å². The highest BCUT2D eigenvalue weighted by Crippen LogP contribution is 2.16. The first-order valence-electron chi connectivity index (χ1n) is 6.40. The van der Waals surface area contributed by atoms with Gasteiger partial charge in [-0.3, -0.25) is 0 Å². The van der Waals surface area contributed by atoms with Gasteiger partial charge in [0.15, 0.2) is 0 Å². The van der Waals surface area contributed by atoms with E-state index in [4.69, 9.17) is 0 Å². The lowest BCUT2D eigenvalue weighted by atomic mass is 9.99. The largest absolute Gasteiger partial charge is 0.370 e. The van der Waals surface area contributed by atoms with E-state index in [0.29, 0.717) is 0 Å². The number of unbranched alkanes of at least 4 members (excludes halogenated alkanes) is 1. The third kappa shape index (κ3) is 5.39. The van der Waals surface area contributed by atoms with Crippen LogP contribution >= 0.6 is 11.8 Å². The summed E-state index contributed by atoms with van der Waals surface area (Å²) in [4.78, 5) is 8.40. The van der Waals surface area contributed by atoms with Gasteiger partial charge in [-0.05, 0) is 18.6 Å². The molecule has 0 fully saturated rings. The van der Waals surface area contributed by atoms with Crippen molar-refractivity contribution in [1.82, 2.24) is 9.97 Å². The first-order chi connectivity index (χ1) is 8.30. The molecular formula is C13H23N3S. The molecule has 0 spiro atoms. The summed E-state index contributed by atoms with van der Waals surface area (Å²) in [6.45, 7) is 5.52. The normalized spacial score (nSPS) is 12.4. The predicted octanol–water partition coefficient (Wildman–Crippen LogP) is 3.83. The SMILES string of the molecule is CCCCC(CC)CNc1cc(SC)ncn1. The molecule has 0 aromatic carbocycles. The Labute approximate surface area is 109 Å². The second-order valence-corrected chi connectivity index (χ2v) is 5.07. The van der Waals surface area contributed by atoms with Crippen molar-refractivity contribution in [1.29, 1.82) is 0 Å². The Morgan fingerprint density at radius 2 is 2.18 bits per heavy atom. The Bertz CT molecular complexity index is 317. The summed E-state index contributed by atoms with van der Waals surface area (Å²) in [5, 5.41) is 4.43. The average molecular weight is 253 g/mol. The van der Waals surface area contributed by atoms with Crippen molar-refractivity contribution in [2.45, 2.75) is 44.6 Å². The molecule has 1 unspecified atom stereocenters. The van der Waals surface area contributed by atoms with Crippen molar-refractivity contribution in [2.24, 2.45) is 5.92 Å². The fourth-order valence-electron chi connectivity index (χ4n) is 1.74. The molecule has 1 aromatic heterocycles. The molecule has 0 aliphatic heterocycles. The Morgan fingerprint density at radius 3 is 2.82 bits per heavy atom. The first kappa shape index (κ1) is 14.3. The van der Waals surface area contributed by atoms with E-state index in [-0.39, 0.29) is 0 Å². The third-order valence-corrected chi connectivity index (χ3v) is 3.61. The van der Waals surface area contributed by atoms with E-state index in [0.717, 1.165) is 23.3 Å². The monoisotopic (exact) mass is 253 g/mol. The molecule has 0 aliphatic carbocycles. The lowest BCUT2D eigenvalue weighted by Crippen LogP contribution is -2.14.